The van der Waals surface area contributed by atoms with Crippen LogP contribution >= 0.6 is 22.6 Å². The van der Waals surface area contributed by atoms with Crippen LogP contribution in [0.4, 0.5) is 0 Å². The molecule has 3 aromatic rings. The first-order valence-electron chi connectivity index (χ1n) is 6.70. The first kappa shape index (κ1) is 14.0. The Hall–Kier alpha value is -1.94. The number of hydrogen-bond acceptors (Lipinski definition) is 1. The Bertz CT molecular complexity index is 828. The van der Waals surface area contributed by atoms with Crippen LogP contribution in [0, 0.1) is 3.57 Å². The molecule has 0 atom stereocenters. The Morgan fingerprint density at radius 3 is 2.43 bits per heavy atom. The summed E-state index contributed by atoms with van der Waals surface area (Å²) in [7, 11) is 0. The third-order valence-corrected chi connectivity index (χ3v) is 4.32. The topological polar surface area (TPSA) is 17.1 Å². The summed E-state index contributed by atoms with van der Waals surface area (Å²) in [4.78, 5) is 12.3. The molecule has 0 unspecified atom stereocenters. The average molecular weight is 384 g/mol. The molecule has 0 N–H and O–H groups in total. The van der Waals surface area contributed by atoms with Crippen LogP contribution in [0.15, 0.2) is 72.8 Å². The quantitative estimate of drug-likeness (QED) is 0.339. The minimum Gasteiger partial charge on any atom is -0.289 e. The van der Waals surface area contributed by atoms with E-state index in [-0.39, 0.29) is 5.78 Å². The van der Waals surface area contributed by atoms with Gasteiger partial charge in [-0.25, -0.2) is 0 Å². The molecule has 0 radical (unpaired) electrons. The first-order chi connectivity index (χ1) is 10.3. The van der Waals surface area contributed by atoms with Gasteiger partial charge in [0.2, 0.25) is 0 Å². The van der Waals surface area contributed by atoms with Crippen molar-refractivity contribution in [1.82, 2.24) is 0 Å². The highest BCUT2D eigenvalue weighted by Gasteiger charge is 2.05. The number of rotatable bonds is 3. The molecule has 0 aliphatic rings. The fourth-order valence-electron chi connectivity index (χ4n) is 2.31. The lowest BCUT2D eigenvalue weighted by molar-refractivity contribution is 0.104. The Kier molecular flexibility index (Phi) is 4.15. The van der Waals surface area contributed by atoms with Crippen LogP contribution in [-0.2, 0) is 0 Å². The number of hydrogen-bond donors (Lipinski definition) is 0. The molecular formula is C19H13IO. The molecule has 0 aliphatic heterocycles. The summed E-state index contributed by atoms with van der Waals surface area (Å²) in [5, 5.41) is 2.34. The predicted octanol–water partition coefficient (Wildman–Crippen LogP) is 5.34. The highest BCUT2D eigenvalue weighted by Crippen LogP contribution is 2.20. The molecule has 0 fully saturated rings. The minimum absolute atomic E-state index is 0.0351. The van der Waals surface area contributed by atoms with Gasteiger partial charge in [-0.2, -0.15) is 0 Å². The fourth-order valence-corrected chi connectivity index (χ4v) is 2.97. The summed E-state index contributed by atoms with van der Waals surface area (Å²) >= 11 is 2.19. The van der Waals surface area contributed by atoms with Crippen molar-refractivity contribution in [3.05, 3.63) is 87.5 Å². The van der Waals surface area contributed by atoms with E-state index in [1.54, 1.807) is 6.08 Å². The smallest absolute Gasteiger partial charge is 0.186 e. The van der Waals surface area contributed by atoms with Crippen LogP contribution in [0.2, 0.25) is 0 Å². The number of benzene rings is 3. The largest absolute Gasteiger partial charge is 0.289 e. The van der Waals surface area contributed by atoms with E-state index in [0.717, 1.165) is 20.1 Å². The number of halogens is 1. The zero-order valence-electron chi connectivity index (χ0n) is 11.3. The molecule has 21 heavy (non-hydrogen) atoms. The minimum atomic E-state index is 0.0351. The van der Waals surface area contributed by atoms with Crippen molar-refractivity contribution in [3.63, 3.8) is 0 Å². The van der Waals surface area contributed by atoms with Gasteiger partial charge in [-0.1, -0.05) is 60.7 Å². The molecular weight excluding hydrogens is 371 g/mol. The molecule has 3 rings (SSSR count). The van der Waals surface area contributed by atoms with Crippen molar-refractivity contribution < 1.29 is 4.79 Å². The molecule has 102 valence electrons. The molecule has 1 nitrogen and oxygen atoms in total. The molecule has 3 aromatic carbocycles. The highest BCUT2D eigenvalue weighted by atomic mass is 127. The number of carbonyl (C=O) groups is 1. The second-order valence-electron chi connectivity index (χ2n) is 4.75. The van der Waals surface area contributed by atoms with Gasteiger partial charge in [-0.3, -0.25) is 4.79 Å². The zero-order chi connectivity index (χ0) is 14.7. The summed E-state index contributed by atoms with van der Waals surface area (Å²) in [6, 6.07) is 21.9. The molecule has 2 heteroatoms. The standard InChI is InChI=1S/C19H13IO/c20-18-11-4-3-10-17(18)19(21)13-12-15-8-5-7-14-6-1-2-9-16(14)15/h1-13H/b13-12+. The van der Waals surface area contributed by atoms with Crippen LogP contribution in [0.3, 0.4) is 0 Å². The van der Waals surface area contributed by atoms with E-state index >= 15 is 0 Å². The molecule has 0 amide bonds. The normalized spacial score (nSPS) is 11.1. The van der Waals surface area contributed by atoms with Gasteiger partial charge in [-0.05, 0) is 57.1 Å². The molecule has 0 bridgehead atoms. The van der Waals surface area contributed by atoms with Gasteiger partial charge in [0.1, 0.15) is 0 Å². The van der Waals surface area contributed by atoms with E-state index in [2.05, 4.69) is 40.8 Å². The van der Waals surface area contributed by atoms with Gasteiger partial charge < -0.3 is 0 Å². The number of carbonyl (C=O) groups excluding carboxylic acids is 1. The Balaban J connectivity index is 1.95. The summed E-state index contributed by atoms with van der Waals surface area (Å²) < 4.78 is 0.975. The summed E-state index contributed by atoms with van der Waals surface area (Å²) in [6.07, 6.45) is 3.55. The van der Waals surface area contributed by atoms with E-state index in [1.807, 2.05) is 54.6 Å². The average Bonchev–Trinajstić information content (AvgIpc) is 2.53. The Labute approximate surface area is 137 Å². The fraction of sp³-hybridized carbons (Fsp3) is 0. The lowest BCUT2D eigenvalue weighted by atomic mass is 10.0. The van der Waals surface area contributed by atoms with Gasteiger partial charge in [0.05, 0.1) is 0 Å². The van der Waals surface area contributed by atoms with Gasteiger partial charge >= 0.3 is 0 Å². The van der Waals surface area contributed by atoms with Crippen molar-refractivity contribution in [2.45, 2.75) is 0 Å². The molecule has 0 saturated carbocycles. The monoisotopic (exact) mass is 384 g/mol. The number of allylic oxidation sites excluding steroid dienone is 1. The van der Waals surface area contributed by atoms with Crippen molar-refractivity contribution >= 4 is 45.2 Å². The van der Waals surface area contributed by atoms with Crippen LogP contribution < -0.4 is 0 Å². The second kappa shape index (κ2) is 6.22. The van der Waals surface area contributed by atoms with E-state index in [9.17, 15) is 4.79 Å². The van der Waals surface area contributed by atoms with Crippen molar-refractivity contribution in [2.24, 2.45) is 0 Å². The van der Waals surface area contributed by atoms with Gasteiger partial charge in [0, 0.05) is 9.13 Å². The van der Waals surface area contributed by atoms with Crippen LogP contribution in [0.5, 0.6) is 0 Å². The van der Waals surface area contributed by atoms with E-state index in [0.29, 0.717) is 0 Å². The summed E-state index contributed by atoms with van der Waals surface area (Å²) in [5.74, 6) is 0.0351. The maximum absolute atomic E-state index is 12.3. The highest BCUT2D eigenvalue weighted by molar-refractivity contribution is 14.1. The first-order valence-corrected chi connectivity index (χ1v) is 7.78. The molecule has 0 aromatic heterocycles. The van der Waals surface area contributed by atoms with Crippen LogP contribution in [-0.4, -0.2) is 5.78 Å². The lowest BCUT2D eigenvalue weighted by Gasteiger charge is -2.02. The SMILES string of the molecule is O=C(/C=C/c1cccc2ccccc12)c1ccccc1I. The van der Waals surface area contributed by atoms with Crippen LogP contribution in [0.25, 0.3) is 16.8 Å². The molecule has 0 saturated heterocycles. The number of ketones is 1. The zero-order valence-corrected chi connectivity index (χ0v) is 13.4. The Morgan fingerprint density at radius 1 is 0.857 bits per heavy atom. The van der Waals surface area contributed by atoms with Crippen molar-refractivity contribution in [3.8, 4) is 0 Å². The summed E-state index contributed by atoms with van der Waals surface area (Å²) in [5.41, 5.74) is 1.81. The second-order valence-corrected chi connectivity index (χ2v) is 5.91. The molecule has 0 spiro atoms. The van der Waals surface area contributed by atoms with Gasteiger partial charge in [0.15, 0.2) is 5.78 Å². The van der Waals surface area contributed by atoms with E-state index < -0.39 is 0 Å². The van der Waals surface area contributed by atoms with Gasteiger partial charge in [-0.15, -0.1) is 0 Å². The maximum Gasteiger partial charge on any atom is 0.186 e. The van der Waals surface area contributed by atoms with E-state index in [4.69, 9.17) is 0 Å². The van der Waals surface area contributed by atoms with E-state index in [1.165, 1.54) is 5.39 Å². The molecule has 0 heterocycles. The van der Waals surface area contributed by atoms with Crippen LogP contribution in [0.1, 0.15) is 15.9 Å². The Morgan fingerprint density at radius 2 is 1.57 bits per heavy atom. The third kappa shape index (κ3) is 3.05. The van der Waals surface area contributed by atoms with Crippen molar-refractivity contribution in [2.75, 3.05) is 0 Å². The number of fused-ring (bicyclic) bond motifs is 1. The lowest BCUT2D eigenvalue weighted by Crippen LogP contribution is -1.96. The third-order valence-electron chi connectivity index (χ3n) is 3.38. The van der Waals surface area contributed by atoms with Gasteiger partial charge in [0.25, 0.3) is 0 Å². The molecule has 0 aliphatic carbocycles. The van der Waals surface area contributed by atoms with Crippen molar-refractivity contribution in [1.29, 1.82) is 0 Å². The predicted molar refractivity (Wildman–Crippen MR) is 96.5 cm³/mol. The summed E-state index contributed by atoms with van der Waals surface area (Å²) in [6.45, 7) is 0. The maximum atomic E-state index is 12.3.